The van der Waals surface area contributed by atoms with Gasteiger partial charge in [0.15, 0.2) is 0 Å². The van der Waals surface area contributed by atoms with Crippen LogP contribution in [-0.4, -0.2) is 46.2 Å². The van der Waals surface area contributed by atoms with Crippen molar-refractivity contribution in [2.24, 2.45) is 0 Å². The van der Waals surface area contributed by atoms with Gasteiger partial charge < -0.3 is 14.9 Å². The first-order valence-corrected chi connectivity index (χ1v) is 13.0. The molecule has 34 heavy (non-hydrogen) atoms. The number of nitrogens with zero attached hydrogens (tertiary/aromatic N) is 2. The number of benzene rings is 3. The summed E-state index contributed by atoms with van der Waals surface area (Å²) in [6.07, 6.45) is 3.73. The van der Waals surface area contributed by atoms with Crippen molar-refractivity contribution in [3.8, 4) is 11.1 Å². The molecule has 0 bridgehead atoms. The van der Waals surface area contributed by atoms with Gasteiger partial charge in [0.2, 0.25) is 0 Å². The molecule has 1 fully saturated rings. The number of aromatic nitrogens is 1. The Labute approximate surface area is 214 Å². The number of rotatable bonds is 5. The quantitative estimate of drug-likeness (QED) is 0.338. The maximum Gasteiger partial charge on any atom is 0.488 e. The summed E-state index contributed by atoms with van der Waals surface area (Å²) in [6, 6.07) is 21.7. The molecule has 8 heteroatoms. The van der Waals surface area contributed by atoms with E-state index < -0.39 is 7.12 Å². The lowest BCUT2D eigenvalue weighted by Gasteiger charge is -2.19. The molecule has 0 radical (unpaired) electrons. The zero-order valence-electron chi connectivity index (χ0n) is 19.0. The highest BCUT2D eigenvalue weighted by Crippen LogP contribution is 2.29. The molecule has 0 unspecified atom stereocenters. The molecule has 3 aromatic carbocycles. The third kappa shape index (κ3) is 6.60. The molecule has 2 heterocycles. The molecule has 4 aromatic rings. The van der Waals surface area contributed by atoms with E-state index in [0.717, 1.165) is 35.1 Å². The van der Waals surface area contributed by atoms with E-state index in [1.54, 1.807) is 18.2 Å². The first-order valence-electron chi connectivity index (χ1n) is 11.4. The Morgan fingerprint density at radius 1 is 1.00 bits per heavy atom. The summed E-state index contributed by atoms with van der Waals surface area (Å²) in [4.78, 5) is 7.45. The minimum Gasteiger partial charge on any atom is -0.423 e. The van der Waals surface area contributed by atoms with E-state index in [9.17, 15) is 0 Å². The molecule has 0 spiro atoms. The molecule has 2 N–H and O–H groups in total. The largest absolute Gasteiger partial charge is 0.488 e. The van der Waals surface area contributed by atoms with Gasteiger partial charge in [-0.3, -0.25) is 0 Å². The predicted octanol–water partition coefficient (Wildman–Crippen LogP) is 5.66. The van der Waals surface area contributed by atoms with Crippen LogP contribution in [0.2, 0.25) is 10.0 Å². The average molecular weight is 513 g/mol. The first-order chi connectivity index (χ1) is 16.4. The van der Waals surface area contributed by atoms with Crippen LogP contribution in [0.5, 0.6) is 0 Å². The monoisotopic (exact) mass is 512 g/mol. The summed E-state index contributed by atoms with van der Waals surface area (Å²) in [6.45, 7) is 4.70. The maximum absolute atomic E-state index is 8.65. The molecule has 1 aliphatic rings. The molecule has 5 rings (SSSR count). The molecule has 0 amide bonds. The van der Waals surface area contributed by atoms with E-state index in [0.29, 0.717) is 10.5 Å². The van der Waals surface area contributed by atoms with Gasteiger partial charge in [-0.25, -0.2) is 4.98 Å². The van der Waals surface area contributed by atoms with Gasteiger partial charge in [0.1, 0.15) is 0 Å². The zero-order valence-corrected chi connectivity index (χ0v) is 21.3. The van der Waals surface area contributed by atoms with E-state index in [1.165, 1.54) is 40.7 Å². The minimum atomic E-state index is -1.43. The summed E-state index contributed by atoms with van der Waals surface area (Å²) in [5.41, 5.74) is 3.83. The van der Waals surface area contributed by atoms with Gasteiger partial charge in [0, 0.05) is 29.1 Å². The molecule has 1 atom stereocenters. The lowest BCUT2D eigenvalue weighted by atomic mass is 9.81. The standard InChI is InChI=1S/C20H21ClN2S.C6H6BClO2/c1-14-4-3-10-23(14)11-9-20-22-18-13-16(7-8-19(18)24-20)15-5-2-6-17(21)12-15;8-6-3-1-2-5(4-6)7(9)10/h2,5-8,12-14H,3-4,9-11H2,1H3;1-4,9-10H/t14-;/m1./s1. The summed E-state index contributed by atoms with van der Waals surface area (Å²) in [5.74, 6) is 0. The molecule has 1 saturated heterocycles. The Bertz CT molecular complexity index is 1250. The van der Waals surface area contributed by atoms with Crippen LogP contribution in [-0.2, 0) is 6.42 Å². The van der Waals surface area contributed by atoms with Crippen molar-refractivity contribution in [2.45, 2.75) is 32.2 Å². The van der Waals surface area contributed by atoms with Crippen LogP contribution in [0, 0.1) is 0 Å². The number of halogens is 2. The highest BCUT2D eigenvalue weighted by atomic mass is 35.5. The second kappa shape index (κ2) is 11.7. The van der Waals surface area contributed by atoms with Crippen molar-refractivity contribution in [2.75, 3.05) is 13.1 Å². The average Bonchev–Trinajstić information content (AvgIpc) is 3.42. The molecule has 4 nitrogen and oxygen atoms in total. The van der Waals surface area contributed by atoms with Crippen LogP contribution in [0.1, 0.15) is 24.8 Å². The van der Waals surface area contributed by atoms with Crippen LogP contribution < -0.4 is 5.46 Å². The number of hydrogen-bond acceptors (Lipinski definition) is 5. The van der Waals surface area contributed by atoms with Gasteiger partial charge >= 0.3 is 7.12 Å². The Hall–Kier alpha value is -1.93. The fourth-order valence-corrected chi connectivity index (χ4v) is 5.49. The lowest BCUT2D eigenvalue weighted by molar-refractivity contribution is 0.272. The molecule has 176 valence electrons. The Morgan fingerprint density at radius 3 is 2.38 bits per heavy atom. The molecule has 0 saturated carbocycles. The van der Waals surface area contributed by atoms with Crippen LogP contribution in [0.25, 0.3) is 21.3 Å². The van der Waals surface area contributed by atoms with Crippen molar-refractivity contribution in [3.05, 3.63) is 81.8 Å². The predicted molar refractivity (Wildman–Crippen MR) is 145 cm³/mol. The number of likely N-dealkylation sites (tertiary alicyclic amines) is 1. The third-order valence-electron chi connectivity index (χ3n) is 6.04. The summed E-state index contributed by atoms with van der Waals surface area (Å²) in [7, 11) is -1.43. The van der Waals surface area contributed by atoms with Gasteiger partial charge in [-0.15, -0.1) is 11.3 Å². The SMILES string of the molecule is C[C@@H]1CCCN1CCc1nc2cc(-c3cccc(Cl)c3)ccc2s1.OB(O)c1cccc(Cl)c1. The normalized spacial score (nSPS) is 15.9. The highest BCUT2D eigenvalue weighted by Gasteiger charge is 2.20. The Kier molecular flexibility index (Phi) is 8.64. The van der Waals surface area contributed by atoms with Crippen molar-refractivity contribution in [1.29, 1.82) is 0 Å². The van der Waals surface area contributed by atoms with Crippen molar-refractivity contribution >= 4 is 57.3 Å². The molecule has 1 aromatic heterocycles. The van der Waals surface area contributed by atoms with Gasteiger partial charge in [0.05, 0.1) is 15.2 Å². The fraction of sp³-hybridized carbons (Fsp3) is 0.269. The van der Waals surface area contributed by atoms with E-state index in [1.807, 2.05) is 29.5 Å². The number of thiazole rings is 1. The van der Waals surface area contributed by atoms with Crippen molar-refractivity contribution < 1.29 is 10.0 Å². The Balaban J connectivity index is 0.000000231. The van der Waals surface area contributed by atoms with E-state index >= 15 is 0 Å². The number of hydrogen-bond donors (Lipinski definition) is 2. The fourth-order valence-electron chi connectivity index (χ4n) is 4.16. The highest BCUT2D eigenvalue weighted by molar-refractivity contribution is 7.18. The van der Waals surface area contributed by atoms with Gasteiger partial charge in [-0.05, 0) is 79.3 Å². The summed E-state index contributed by atoms with van der Waals surface area (Å²) < 4.78 is 1.27. The summed E-state index contributed by atoms with van der Waals surface area (Å²) in [5, 5.41) is 19.8. The van der Waals surface area contributed by atoms with E-state index in [4.69, 9.17) is 38.2 Å². The zero-order chi connectivity index (χ0) is 24.1. The Morgan fingerprint density at radius 2 is 1.74 bits per heavy atom. The van der Waals surface area contributed by atoms with Crippen LogP contribution in [0.3, 0.4) is 0 Å². The summed E-state index contributed by atoms with van der Waals surface area (Å²) >= 11 is 13.5. The number of fused-ring (bicyclic) bond motifs is 1. The van der Waals surface area contributed by atoms with Crippen LogP contribution in [0.4, 0.5) is 0 Å². The minimum absolute atomic E-state index is 0.410. The topological polar surface area (TPSA) is 56.6 Å². The first kappa shape index (κ1) is 25.2. The van der Waals surface area contributed by atoms with Crippen LogP contribution >= 0.6 is 34.5 Å². The second-order valence-electron chi connectivity index (χ2n) is 8.51. The molecular formula is C26H27BCl2N2O2S. The maximum atomic E-state index is 8.65. The smallest absolute Gasteiger partial charge is 0.423 e. The van der Waals surface area contributed by atoms with Gasteiger partial charge in [-0.2, -0.15) is 0 Å². The van der Waals surface area contributed by atoms with Crippen molar-refractivity contribution in [3.63, 3.8) is 0 Å². The van der Waals surface area contributed by atoms with Crippen molar-refractivity contribution in [1.82, 2.24) is 9.88 Å². The lowest BCUT2D eigenvalue weighted by Crippen LogP contribution is -2.29. The molecular weight excluding hydrogens is 486 g/mol. The molecule has 0 aliphatic carbocycles. The van der Waals surface area contributed by atoms with E-state index in [-0.39, 0.29) is 0 Å². The van der Waals surface area contributed by atoms with Gasteiger partial charge in [0.25, 0.3) is 0 Å². The van der Waals surface area contributed by atoms with Gasteiger partial charge in [-0.1, -0.05) is 53.5 Å². The molecule has 1 aliphatic heterocycles. The second-order valence-corrected chi connectivity index (χ2v) is 10.5. The van der Waals surface area contributed by atoms with E-state index in [2.05, 4.69) is 36.1 Å². The van der Waals surface area contributed by atoms with Crippen LogP contribution in [0.15, 0.2) is 66.7 Å². The third-order valence-corrected chi connectivity index (χ3v) is 7.61.